The third-order valence-corrected chi connectivity index (χ3v) is 4.12. The second-order valence-electron chi connectivity index (χ2n) is 5.53. The number of nitrogens with zero attached hydrogens (tertiary/aromatic N) is 3. The van der Waals surface area contributed by atoms with Crippen LogP contribution >= 0.6 is 0 Å². The van der Waals surface area contributed by atoms with Gasteiger partial charge in [0.15, 0.2) is 0 Å². The Morgan fingerprint density at radius 1 is 1.00 bits per heavy atom. The summed E-state index contributed by atoms with van der Waals surface area (Å²) in [6.45, 7) is 1.83. The Morgan fingerprint density at radius 3 is 2.54 bits per heavy atom. The minimum Gasteiger partial charge on any atom is -0.497 e. The Morgan fingerprint density at radius 2 is 1.79 bits per heavy atom. The van der Waals surface area contributed by atoms with Crippen LogP contribution in [-0.2, 0) is 0 Å². The number of methoxy groups -OCH3 is 1. The summed E-state index contributed by atoms with van der Waals surface area (Å²) in [6.07, 6.45) is 1.74. The van der Waals surface area contributed by atoms with Gasteiger partial charge < -0.3 is 4.74 Å². The topological polar surface area (TPSA) is 57.0 Å². The van der Waals surface area contributed by atoms with Crippen molar-refractivity contribution in [2.45, 2.75) is 6.92 Å². The normalized spacial score (nSPS) is 11.1. The van der Waals surface area contributed by atoms with E-state index in [4.69, 9.17) is 4.74 Å². The molecule has 0 saturated heterocycles. The van der Waals surface area contributed by atoms with Gasteiger partial charge in [0.2, 0.25) is 0 Å². The smallest absolute Gasteiger partial charge is 0.265 e. The molecule has 0 radical (unpaired) electrons. The summed E-state index contributed by atoms with van der Waals surface area (Å²) in [4.78, 5) is 22.0. The molecule has 2 aromatic heterocycles. The summed E-state index contributed by atoms with van der Waals surface area (Å²) in [7, 11) is 1.61. The molecule has 4 rings (SSSR count). The standard InChI is InChI=1S/C19H15N3O2/c1-12-21-18-15-4-3-11-20-17(15)10-9-16(18)19(23)22(12)13-5-7-14(24-2)8-6-13/h3-11H,1-2H3. The van der Waals surface area contributed by atoms with Crippen LogP contribution in [0.5, 0.6) is 5.75 Å². The van der Waals surface area contributed by atoms with Crippen molar-refractivity contribution in [3.05, 3.63) is 70.9 Å². The van der Waals surface area contributed by atoms with E-state index in [1.54, 1.807) is 23.9 Å². The van der Waals surface area contributed by atoms with E-state index in [9.17, 15) is 4.79 Å². The third kappa shape index (κ3) is 2.13. The van der Waals surface area contributed by atoms with Crippen LogP contribution in [0.25, 0.3) is 27.5 Å². The summed E-state index contributed by atoms with van der Waals surface area (Å²) in [5.41, 5.74) is 2.19. The summed E-state index contributed by atoms with van der Waals surface area (Å²) in [6, 6.07) is 14.8. The SMILES string of the molecule is COc1ccc(-n2c(C)nc3c(ccc4ncccc43)c2=O)cc1. The van der Waals surface area contributed by atoms with Crippen LogP contribution in [0.1, 0.15) is 5.82 Å². The van der Waals surface area contributed by atoms with Crippen molar-refractivity contribution >= 4 is 21.8 Å². The van der Waals surface area contributed by atoms with E-state index in [1.165, 1.54) is 0 Å². The molecule has 118 valence electrons. The average Bonchev–Trinajstić information content (AvgIpc) is 2.62. The van der Waals surface area contributed by atoms with E-state index in [2.05, 4.69) is 9.97 Å². The Hall–Kier alpha value is -3.21. The first-order chi connectivity index (χ1) is 11.7. The minimum atomic E-state index is -0.0894. The number of aryl methyl sites for hydroxylation is 1. The largest absolute Gasteiger partial charge is 0.497 e. The molecule has 0 aliphatic carbocycles. The summed E-state index contributed by atoms with van der Waals surface area (Å²) < 4.78 is 6.79. The molecular weight excluding hydrogens is 302 g/mol. The fourth-order valence-electron chi connectivity index (χ4n) is 2.94. The first-order valence-electron chi connectivity index (χ1n) is 7.60. The molecule has 0 saturated carbocycles. The van der Waals surface area contributed by atoms with Crippen molar-refractivity contribution in [1.82, 2.24) is 14.5 Å². The summed E-state index contributed by atoms with van der Waals surface area (Å²) in [5.74, 6) is 1.38. The highest BCUT2D eigenvalue weighted by atomic mass is 16.5. The van der Waals surface area contributed by atoms with Crippen molar-refractivity contribution in [3.8, 4) is 11.4 Å². The molecule has 0 bridgehead atoms. The average molecular weight is 317 g/mol. The molecule has 0 aliphatic rings. The maximum absolute atomic E-state index is 13.0. The fraction of sp³-hybridized carbons (Fsp3) is 0.105. The van der Waals surface area contributed by atoms with Gasteiger partial charge in [-0.3, -0.25) is 14.3 Å². The molecule has 0 amide bonds. The summed E-state index contributed by atoms with van der Waals surface area (Å²) >= 11 is 0. The monoisotopic (exact) mass is 317 g/mol. The summed E-state index contributed by atoms with van der Waals surface area (Å²) in [5, 5.41) is 1.47. The van der Waals surface area contributed by atoms with E-state index in [0.29, 0.717) is 16.7 Å². The number of aromatic nitrogens is 3. The van der Waals surface area contributed by atoms with Crippen molar-refractivity contribution < 1.29 is 4.74 Å². The zero-order chi connectivity index (χ0) is 16.7. The number of hydrogen-bond donors (Lipinski definition) is 0. The van der Waals surface area contributed by atoms with Gasteiger partial charge in [-0.25, -0.2) is 4.98 Å². The van der Waals surface area contributed by atoms with Crippen LogP contribution in [0.2, 0.25) is 0 Å². The maximum atomic E-state index is 13.0. The van der Waals surface area contributed by atoms with Crippen LogP contribution in [0.15, 0.2) is 59.5 Å². The van der Waals surface area contributed by atoms with Gasteiger partial charge in [-0.1, -0.05) is 0 Å². The zero-order valence-electron chi connectivity index (χ0n) is 13.4. The lowest BCUT2D eigenvalue weighted by Gasteiger charge is -2.12. The lowest BCUT2D eigenvalue weighted by atomic mass is 10.1. The quantitative estimate of drug-likeness (QED) is 0.533. The third-order valence-electron chi connectivity index (χ3n) is 4.12. The van der Waals surface area contributed by atoms with Gasteiger partial charge in [-0.2, -0.15) is 0 Å². The molecule has 2 aromatic carbocycles. The zero-order valence-corrected chi connectivity index (χ0v) is 13.4. The molecule has 0 spiro atoms. The van der Waals surface area contributed by atoms with Gasteiger partial charge in [0.1, 0.15) is 11.6 Å². The molecule has 4 aromatic rings. The number of pyridine rings is 1. The molecule has 2 heterocycles. The van der Waals surface area contributed by atoms with E-state index < -0.39 is 0 Å². The van der Waals surface area contributed by atoms with E-state index in [-0.39, 0.29) is 5.56 Å². The number of hydrogen-bond acceptors (Lipinski definition) is 4. The van der Waals surface area contributed by atoms with Crippen LogP contribution < -0.4 is 10.3 Å². The van der Waals surface area contributed by atoms with Crippen molar-refractivity contribution in [3.63, 3.8) is 0 Å². The minimum absolute atomic E-state index is 0.0894. The first-order valence-corrected chi connectivity index (χ1v) is 7.60. The van der Waals surface area contributed by atoms with Crippen molar-refractivity contribution in [1.29, 1.82) is 0 Å². The van der Waals surface area contributed by atoms with Gasteiger partial charge >= 0.3 is 0 Å². The molecule has 0 N–H and O–H groups in total. The Balaban J connectivity index is 2.04. The highest BCUT2D eigenvalue weighted by molar-refractivity contribution is 6.03. The molecule has 5 heteroatoms. The number of fused-ring (bicyclic) bond motifs is 3. The number of benzene rings is 2. The van der Waals surface area contributed by atoms with Crippen LogP contribution in [0.4, 0.5) is 0 Å². The number of rotatable bonds is 2. The Kier molecular flexibility index (Phi) is 3.27. The maximum Gasteiger partial charge on any atom is 0.265 e. The van der Waals surface area contributed by atoms with Gasteiger partial charge in [0.25, 0.3) is 5.56 Å². The molecular formula is C19H15N3O2. The predicted octanol–water partition coefficient (Wildman–Crippen LogP) is 3.25. The molecule has 5 nitrogen and oxygen atoms in total. The second-order valence-corrected chi connectivity index (χ2v) is 5.53. The molecule has 0 unspecified atom stereocenters. The fourth-order valence-corrected chi connectivity index (χ4v) is 2.94. The first kappa shape index (κ1) is 14.4. The molecule has 0 fully saturated rings. The van der Waals surface area contributed by atoms with E-state index in [1.807, 2.05) is 49.4 Å². The second kappa shape index (κ2) is 5.45. The lowest BCUT2D eigenvalue weighted by molar-refractivity contribution is 0.414. The Labute approximate surface area is 138 Å². The molecule has 0 atom stereocenters. The van der Waals surface area contributed by atoms with E-state index in [0.717, 1.165) is 22.3 Å². The van der Waals surface area contributed by atoms with Gasteiger partial charge in [-0.05, 0) is 55.5 Å². The molecule has 0 aliphatic heterocycles. The lowest BCUT2D eigenvalue weighted by Crippen LogP contribution is -2.22. The number of ether oxygens (including phenoxy) is 1. The van der Waals surface area contributed by atoms with Crippen LogP contribution in [0, 0.1) is 6.92 Å². The molecule has 24 heavy (non-hydrogen) atoms. The Bertz CT molecular complexity index is 1120. The predicted molar refractivity (Wildman–Crippen MR) is 93.9 cm³/mol. The van der Waals surface area contributed by atoms with Gasteiger partial charge in [0.05, 0.1) is 29.2 Å². The highest BCUT2D eigenvalue weighted by Gasteiger charge is 2.12. The van der Waals surface area contributed by atoms with Crippen molar-refractivity contribution in [2.24, 2.45) is 0 Å². The van der Waals surface area contributed by atoms with Crippen LogP contribution in [-0.4, -0.2) is 21.6 Å². The van der Waals surface area contributed by atoms with Gasteiger partial charge in [0, 0.05) is 11.6 Å². The van der Waals surface area contributed by atoms with Crippen LogP contribution in [0.3, 0.4) is 0 Å². The highest BCUT2D eigenvalue weighted by Crippen LogP contribution is 2.22. The van der Waals surface area contributed by atoms with E-state index >= 15 is 0 Å². The van der Waals surface area contributed by atoms with Crippen molar-refractivity contribution in [2.75, 3.05) is 7.11 Å². The van der Waals surface area contributed by atoms with Gasteiger partial charge in [-0.15, -0.1) is 0 Å².